The summed E-state index contributed by atoms with van der Waals surface area (Å²) in [6.45, 7) is 7.74. The van der Waals surface area contributed by atoms with E-state index in [1.54, 1.807) is 0 Å². The molecule has 0 radical (unpaired) electrons. The maximum Gasteiger partial charge on any atom is 0.461 e. The molecular formula is C16H19BF4O2. The molecule has 1 saturated heterocycles. The van der Waals surface area contributed by atoms with E-state index < -0.39 is 35.9 Å². The second-order valence-electron chi connectivity index (χ2n) is 7.37. The fraction of sp³-hybridized carbons (Fsp3) is 0.625. The summed E-state index contributed by atoms with van der Waals surface area (Å²) in [5.74, 6) is -1.33. The van der Waals surface area contributed by atoms with Crippen LogP contribution in [0.4, 0.5) is 17.6 Å². The molecule has 23 heavy (non-hydrogen) atoms. The van der Waals surface area contributed by atoms with Crippen LogP contribution in [0.2, 0.25) is 5.82 Å². The van der Waals surface area contributed by atoms with Gasteiger partial charge in [0.15, 0.2) is 0 Å². The molecule has 0 bridgehead atoms. The molecule has 1 aromatic rings. The molecule has 0 unspecified atom stereocenters. The van der Waals surface area contributed by atoms with Crippen molar-refractivity contribution in [2.24, 2.45) is 0 Å². The first-order valence-corrected chi connectivity index (χ1v) is 7.65. The summed E-state index contributed by atoms with van der Waals surface area (Å²) in [4.78, 5) is 0. The number of alkyl halides is 3. The number of halogens is 4. The second-order valence-corrected chi connectivity index (χ2v) is 7.37. The standard InChI is InChI=1S/C16H19BF4O2/c1-14(2)15(3,4)23-17(22-14)12-8-10(12)9-5-6-13(18)11(7-9)16(19,20)21/h5-7,10,12H,8H2,1-4H3/t10-,12+/m1/s1. The van der Waals surface area contributed by atoms with E-state index in [4.69, 9.17) is 9.31 Å². The van der Waals surface area contributed by atoms with Gasteiger partial charge in [-0.3, -0.25) is 0 Å². The average molecular weight is 330 g/mol. The van der Waals surface area contributed by atoms with Crippen molar-refractivity contribution in [1.29, 1.82) is 0 Å². The van der Waals surface area contributed by atoms with Crippen molar-refractivity contribution in [3.8, 4) is 0 Å². The Morgan fingerprint density at radius 3 is 2.17 bits per heavy atom. The van der Waals surface area contributed by atoms with E-state index in [-0.39, 0.29) is 11.7 Å². The highest BCUT2D eigenvalue weighted by atomic mass is 19.4. The van der Waals surface area contributed by atoms with Gasteiger partial charge in [-0.15, -0.1) is 0 Å². The number of rotatable bonds is 2. The highest BCUT2D eigenvalue weighted by Crippen LogP contribution is 2.58. The topological polar surface area (TPSA) is 18.5 Å². The van der Waals surface area contributed by atoms with Crippen molar-refractivity contribution in [3.63, 3.8) is 0 Å². The minimum absolute atomic E-state index is 0.00240. The molecule has 1 saturated carbocycles. The van der Waals surface area contributed by atoms with Gasteiger partial charge in [-0.2, -0.15) is 13.2 Å². The van der Waals surface area contributed by atoms with Crippen LogP contribution in [0.5, 0.6) is 0 Å². The minimum atomic E-state index is -4.69. The minimum Gasteiger partial charge on any atom is -0.403 e. The zero-order chi connectivity index (χ0) is 17.2. The third-order valence-electron chi connectivity index (χ3n) is 5.18. The molecule has 2 aliphatic rings. The van der Waals surface area contributed by atoms with E-state index in [9.17, 15) is 17.6 Å². The lowest BCUT2D eigenvalue weighted by Crippen LogP contribution is -2.41. The summed E-state index contributed by atoms with van der Waals surface area (Å²) in [7, 11) is -0.440. The molecule has 126 valence electrons. The molecule has 2 atom stereocenters. The van der Waals surface area contributed by atoms with E-state index >= 15 is 0 Å². The first kappa shape index (κ1) is 16.8. The zero-order valence-electron chi connectivity index (χ0n) is 13.5. The van der Waals surface area contributed by atoms with Gasteiger partial charge in [-0.1, -0.05) is 6.07 Å². The Labute approximate surface area is 133 Å². The van der Waals surface area contributed by atoms with Crippen molar-refractivity contribution in [2.75, 3.05) is 0 Å². The summed E-state index contributed by atoms with van der Waals surface area (Å²) in [6.07, 6.45) is -4.01. The monoisotopic (exact) mass is 330 g/mol. The van der Waals surface area contributed by atoms with Gasteiger partial charge < -0.3 is 9.31 Å². The summed E-state index contributed by atoms with van der Waals surface area (Å²) < 4.78 is 63.7. The van der Waals surface area contributed by atoms with Crippen LogP contribution in [0, 0.1) is 5.82 Å². The van der Waals surface area contributed by atoms with Crippen LogP contribution in [-0.4, -0.2) is 18.3 Å². The summed E-state index contributed by atoms with van der Waals surface area (Å²) in [6, 6.07) is 3.21. The Balaban J connectivity index is 1.77. The van der Waals surface area contributed by atoms with Gasteiger partial charge in [0.1, 0.15) is 5.82 Å². The van der Waals surface area contributed by atoms with Crippen LogP contribution in [0.3, 0.4) is 0 Å². The predicted molar refractivity (Wildman–Crippen MR) is 78.6 cm³/mol. The number of benzene rings is 1. The van der Waals surface area contributed by atoms with Gasteiger partial charge in [-0.05, 0) is 57.7 Å². The fourth-order valence-electron chi connectivity index (χ4n) is 2.95. The van der Waals surface area contributed by atoms with Gasteiger partial charge in [0, 0.05) is 5.82 Å². The molecule has 1 heterocycles. The summed E-state index contributed by atoms with van der Waals surface area (Å²) in [5, 5.41) is 0. The maximum absolute atomic E-state index is 13.4. The molecule has 0 N–H and O–H groups in total. The smallest absolute Gasteiger partial charge is 0.403 e. The van der Waals surface area contributed by atoms with Crippen LogP contribution in [0.1, 0.15) is 51.2 Å². The van der Waals surface area contributed by atoms with Crippen molar-refractivity contribution < 1.29 is 26.9 Å². The van der Waals surface area contributed by atoms with E-state index in [1.807, 2.05) is 27.7 Å². The molecule has 1 aliphatic carbocycles. The zero-order valence-corrected chi connectivity index (χ0v) is 13.5. The lowest BCUT2D eigenvalue weighted by Gasteiger charge is -2.32. The third-order valence-corrected chi connectivity index (χ3v) is 5.18. The highest BCUT2D eigenvalue weighted by molar-refractivity contribution is 6.49. The SMILES string of the molecule is CC1(C)OB([C@H]2C[C@@H]2c2ccc(F)c(C(F)(F)F)c2)OC1(C)C. The number of hydrogen-bond donors (Lipinski definition) is 0. The van der Waals surface area contributed by atoms with Crippen molar-refractivity contribution >= 4 is 7.12 Å². The summed E-state index contributed by atoms with van der Waals surface area (Å²) >= 11 is 0. The largest absolute Gasteiger partial charge is 0.461 e. The fourth-order valence-corrected chi connectivity index (χ4v) is 2.95. The van der Waals surface area contributed by atoms with Crippen molar-refractivity contribution in [2.45, 2.75) is 63.2 Å². The van der Waals surface area contributed by atoms with E-state index in [1.165, 1.54) is 6.07 Å². The van der Waals surface area contributed by atoms with Crippen LogP contribution in [-0.2, 0) is 15.5 Å². The molecule has 1 aromatic carbocycles. The van der Waals surface area contributed by atoms with Gasteiger partial charge in [0.2, 0.25) is 0 Å². The lowest BCUT2D eigenvalue weighted by atomic mass is 9.79. The van der Waals surface area contributed by atoms with Crippen LogP contribution in [0.15, 0.2) is 18.2 Å². The van der Waals surface area contributed by atoms with E-state index in [2.05, 4.69) is 0 Å². The first-order chi connectivity index (χ1) is 10.4. The Morgan fingerprint density at radius 2 is 1.65 bits per heavy atom. The van der Waals surface area contributed by atoms with Gasteiger partial charge >= 0.3 is 13.3 Å². The Bertz CT molecular complexity index is 611. The average Bonchev–Trinajstić information content (AvgIpc) is 3.12. The maximum atomic E-state index is 13.4. The molecular weight excluding hydrogens is 311 g/mol. The summed E-state index contributed by atoms with van der Waals surface area (Å²) in [5.41, 5.74) is -1.66. The highest BCUT2D eigenvalue weighted by Gasteiger charge is 2.60. The predicted octanol–water partition coefficient (Wildman–Crippen LogP) is 4.79. The Hall–Kier alpha value is -1.08. The molecule has 3 rings (SSSR count). The molecule has 2 nitrogen and oxygen atoms in total. The van der Waals surface area contributed by atoms with Gasteiger partial charge in [-0.25, -0.2) is 4.39 Å². The molecule has 1 aliphatic heterocycles. The van der Waals surface area contributed by atoms with Crippen molar-refractivity contribution in [1.82, 2.24) is 0 Å². The normalized spacial score (nSPS) is 29.0. The Kier molecular flexibility index (Phi) is 3.62. The lowest BCUT2D eigenvalue weighted by molar-refractivity contribution is -0.140. The molecule has 0 aromatic heterocycles. The van der Waals surface area contributed by atoms with Crippen molar-refractivity contribution in [3.05, 3.63) is 35.1 Å². The molecule has 0 spiro atoms. The Morgan fingerprint density at radius 1 is 1.09 bits per heavy atom. The second kappa shape index (κ2) is 4.96. The number of hydrogen-bond acceptors (Lipinski definition) is 2. The van der Waals surface area contributed by atoms with E-state index in [0.717, 1.165) is 12.1 Å². The van der Waals surface area contributed by atoms with Crippen LogP contribution < -0.4 is 0 Å². The van der Waals surface area contributed by atoms with Gasteiger partial charge in [0.25, 0.3) is 0 Å². The van der Waals surface area contributed by atoms with Crippen LogP contribution >= 0.6 is 0 Å². The van der Waals surface area contributed by atoms with Gasteiger partial charge in [0.05, 0.1) is 16.8 Å². The molecule has 2 fully saturated rings. The molecule has 7 heteroatoms. The third kappa shape index (κ3) is 2.89. The first-order valence-electron chi connectivity index (χ1n) is 7.65. The quantitative estimate of drug-likeness (QED) is 0.573. The van der Waals surface area contributed by atoms with E-state index in [0.29, 0.717) is 12.0 Å². The van der Waals surface area contributed by atoms with Crippen LogP contribution in [0.25, 0.3) is 0 Å². The molecule has 0 amide bonds.